The Morgan fingerprint density at radius 3 is 2.75 bits per heavy atom. The number of carbonyl (C=O) groups excluding carboxylic acids is 1. The van der Waals surface area contributed by atoms with Crippen LogP contribution in [0.25, 0.3) is 0 Å². The third-order valence-electron chi connectivity index (χ3n) is 0.574. The molecule has 4 nitrogen and oxygen atoms in total. The Morgan fingerprint density at radius 2 is 2.38 bits per heavy atom. The summed E-state index contributed by atoms with van der Waals surface area (Å²) in [6.07, 6.45) is 0. The Balaban J connectivity index is 2.82. The van der Waals surface area contributed by atoms with E-state index in [0.29, 0.717) is 6.54 Å². The number of nitrogens with one attached hydrogen (secondary N) is 2. The summed E-state index contributed by atoms with van der Waals surface area (Å²) in [4.78, 5) is 9.84. The lowest BCUT2D eigenvalue weighted by molar-refractivity contribution is -0.117. The molecule has 0 unspecified atom stereocenters. The average Bonchev–Trinajstić information content (AvgIpc) is 1.66. The van der Waals surface area contributed by atoms with E-state index in [1.54, 1.807) is 0 Å². The van der Waals surface area contributed by atoms with Crippen LogP contribution in [-0.4, -0.2) is 30.7 Å². The van der Waals surface area contributed by atoms with E-state index in [0.717, 1.165) is 0 Å². The Kier molecular flexibility index (Phi) is 4.20. The second-order valence-electron chi connectivity index (χ2n) is 1.32. The first-order valence-electron chi connectivity index (χ1n) is 2.33. The Hall–Kier alpha value is -0.610. The van der Waals surface area contributed by atoms with Crippen molar-refractivity contribution in [3.8, 4) is 0 Å². The normalized spacial score (nSPS) is 9.12. The molecule has 0 aliphatic heterocycles. The number of hydrogen-bond acceptors (Lipinski definition) is 3. The second kappa shape index (κ2) is 4.55. The van der Waals surface area contributed by atoms with Crippen LogP contribution < -0.4 is 11.1 Å². The van der Waals surface area contributed by atoms with Crippen LogP contribution in [0.3, 0.4) is 0 Å². The highest BCUT2D eigenvalue weighted by Crippen LogP contribution is 1.57. The fraction of sp³-hybridized carbons (Fsp3) is 0.750. The molecule has 0 aliphatic carbocycles. The van der Waals surface area contributed by atoms with Crippen molar-refractivity contribution in [3.63, 3.8) is 0 Å². The molecule has 0 atom stereocenters. The van der Waals surface area contributed by atoms with Gasteiger partial charge >= 0.3 is 0 Å². The lowest BCUT2D eigenvalue weighted by atomic mass is 10.6. The molecule has 0 saturated carbocycles. The maximum Gasteiger partial charge on any atom is 0.252 e. The summed E-state index contributed by atoms with van der Waals surface area (Å²) in [6.45, 7) is 0.415. The van der Waals surface area contributed by atoms with E-state index in [4.69, 9.17) is 10.8 Å². The monoisotopic (exact) mass is 117 g/mol. The van der Waals surface area contributed by atoms with Gasteiger partial charge in [-0.2, -0.15) is 0 Å². The van der Waals surface area contributed by atoms with E-state index in [9.17, 15) is 4.79 Å². The zero-order valence-electron chi connectivity index (χ0n) is 4.48. The molecule has 1 radical (unpaired) electrons. The van der Waals surface area contributed by atoms with Crippen LogP contribution in [0.4, 0.5) is 0 Å². The quantitative estimate of drug-likeness (QED) is 0.434. The number of rotatable bonds is 4. The van der Waals surface area contributed by atoms with Crippen LogP contribution in [0.1, 0.15) is 0 Å². The van der Waals surface area contributed by atoms with Crippen LogP contribution in [0, 0.1) is 0 Å². The van der Waals surface area contributed by atoms with Crippen LogP contribution in [0.15, 0.2) is 0 Å². The van der Waals surface area contributed by atoms with E-state index in [1.165, 1.54) is 0 Å². The Labute approximate surface area is 47.7 Å². The summed E-state index contributed by atoms with van der Waals surface area (Å²) < 4.78 is 0. The molecule has 0 spiro atoms. The predicted octanol–water partition coefficient (Wildman–Crippen LogP) is -1.62. The highest BCUT2D eigenvalue weighted by molar-refractivity contribution is 5.75. The van der Waals surface area contributed by atoms with Crippen LogP contribution in [0.5, 0.6) is 0 Å². The molecule has 0 aromatic carbocycles. The number of hydrogen-bond donors (Lipinski definition) is 2. The van der Waals surface area contributed by atoms with Crippen molar-refractivity contribution in [1.29, 1.82) is 0 Å². The molecule has 0 aromatic heterocycles. The first kappa shape index (κ1) is 7.39. The highest BCUT2D eigenvalue weighted by atomic mass is 16.3. The van der Waals surface area contributed by atoms with Crippen LogP contribution in [-0.2, 0) is 4.79 Å². The van der Waals surface area contributed by atoms with Crippen molar-refractivity contribution in [3.05, 3.63) is 0 Å². The van der Waals surface area contributed by atoms with Gasteiger partial charge in [0.2, 0.25) is 0 Å². The van der Waals surface area contributed by atoms with Gasteiger partial charge in [-0.05, 0) is 0 Å². The van der Waals surface area contributed by atoms with Crippen molar-refractivity contribution in [2.24, 2.45) is 0 Å². The summed E-state index contributed by atoms with van der Waals surface area (Å²) in [6, 6.07) is 0. The van der Waals surface area contributed by atoms with Crippen molar-refractivity contribution >= 4 is 5.91 Å². The third-order valence-corrected chi connectivity index (χ3v) is 0.574. The third kappa shape index (κ3) is 5.39. The topological polar surface area (TPSA) is 73.1 Å². The largest absolute Gasteiger partial charge is 0.395 e. The van der Waals surface area contributed by atoms with Gasteiger partial charge in [-0.15, -0.1) is 0 Å². The molecule has 0 bridgehead atoms. The minimum absolute atomic E-state index is 0.00722. The van der Waals surface area contributed by atoms with E-state index < -0.39 is 5.91 Å². The van der Waals surface area contributed by atoms with Crippen molar-refractivity contribution in [2.75, 3.05) is 19.7 Å². The molecular weight excluding hydrogens is 108 g/mol. The molecule has 1 amide bonds. The maximum atomic E-state index is 9.84. The predicted molar refractivity (Wildman–Crippen MR) is 28.1 cm³/mol. The zero-order valence-corrected chi connectivity index (χ0v) is 4.48. The number of aliphatic hydroxyl groups is 1. The molecule has 0 fully saturated rings. The van der Waals surface area contributed by atoms with E-state index in [-0.39, 0.29) is 13.2 Å². The first-order chi connectivity index (χ1) is 3.77. The minimum atomic E-state index is -0.654. The van der Waals surface area contributed by atoms with Gasteiger partial charge in [-0.25, -0.2) is 0 Å². The van der Waals surface area contributed by atoms with Gasteiger partial charge in [0.25, 0.3) is 5.91 Å². The molecule has 0 saturated heterocycles. The summed E-state index contributed by atoms with van der Waals surface area (Å²) >= 11 is 0. The lowest BCUT2D eigenvalue weighted by Crippen LogP contribution is -2.25. The average molecular weight is 117 g/mol. The zero-order chi connectivity index (χ0) is 6.41. The maximum absolute atomic E-state index is 9.84. The summed E-state index contributed by atoms with van der Waals surface area (Å²) in [5, 5.41) is 10.7. The smallest absolute Gasteiger partial charge is 0.252 e. The number of aliphatic hydroxyl groups excluding tert-OH is 1. The standard InChI is InChI=1S/C4H9N2O2/c5-4(8)3-6-1-2-7/h5-7H,1-3H2. The van der Waals surface area contributed by atoms with Gasteiger partial charge in [-0.1, -0.05) is 0 Å². The van der Waals surface area contributed by atoms with Crippen molar-refractivity contribution < 1.29 is 9.90 Å². The molecular formula is C4H9N2O2. The van der Waals surface area contributed by atoms with Gasteiger partial charge in [0.15, 0.2) is 0 Å². The fourth-order valence-corrected chi connectivity index (χ4v) is 0.281. The van der Waals surface area contributed by atoms with E-state index in [1.807, 2.05) is 0 Å². The first-order valence-corrected chi connectivity index (χ1v) is 2.33. The van der Waals surface area contributed by atoms with E-state index >= 15 is 0 Å². The molecule has 47 valence electrons. The van der Waals surface area contributed by atoms with Gasteiger partial charge in [0.05, 0.1) is 13.2 Å². The van der Waals surface area contributed by atoms with E-state index in [2.05, 4.69) is 5.32 Å². The molecule has 0 aromatic rings. The van der Waals surface area contributed by atoms with Gasteiger partial charge in [-0.3, -0.25) is 10.5 Å². The SMILES string of the molecule is [NH]C(=O)CNCCO. The minimum Gasteiger partial charge on any atom is -0.395 e. The number of amides is 1. The second-order valence-corrected chi connectivity index (χ2v) is 1.32. The van der Waals surface area contributed by atoms with Crippen LogP contribution in [0.2, 0.25) is 0 Å². The van der Waals surface area contributed by atoms with Crippen LogP contribution >= 0.6 is 0 Å². The molecule has 8 heavy (non-hydrogen) atoms. The molecule has 0 rings (SSSR count). The summed E-state index contributed by atoms with van der Waals surface area (Å²) in [5.41, 5.74) is 6.37. The van der Waals surface area contributed by atoms with Gasteiger partial charge in [0, 0.05) is 6.54 Å². The Bertz CT molecular complexity index is 74.4. The van der Waals surface area contributed by atoms with Crippen molar-refractivity contribution in [1.82, 2.24) is 11.1 Å². The highest BCUT2D eigenvalue weighted by Gasteiger charge is 1.89. The summed E-state index contributed by atoms with van der Waals surface area (Å²) in [7, 11) is 0. The molecule has 4 heteroatoms. The molecule has 3 N–H and O–H groups in total. The molecule has 0 heterocycles. The number of carbonyl (C=O) groups is 1. The van der Waals surface area contributed by atoms with Crippen molar-refractivity contribution in [2.45, 2.75) is 0 Å². The Morgan fingerprint density at radius 1 is 1.75 bits per heavy atom. The fourth-order valence-electron chi connectivity index (χ4n) is 0.281. The van der Waals surface area contributed by atoms with Gasteiger partial charge < -0.3 is 10.4 Å². The lowest BCUT2D eigenvalue weighted by Gasteiger charge is -1.94. The van der Waals surface area contributed by atoms with Gasteiger partial charge in [0.1, 0.15) is 0 Å². The summed E-state index contributed by atoms with van der Waals surface area (Å²) in [5.74, 6) is -0.654. The molecule has 0 aliphatic rings.